The first kappa shape index (κ1) is 14.9. The SMILES string of the molecule is CCN(CC)CCCNC1CCS(=O)(=O)CC1. The van der Waals surface area contributed by atoms with Crippen LogP contribution in [-0.2, 0) is 9.84 Å². The van der Waals surface area contributed by atoms with Gasteiger partial charge in [-0.1, -0.05) is 13.8 Å². The minimum atomic E-state index is -2.72. The summed E-state index contributed by atoms with van der Waals surface area (Å²) in [6.45, 7) is 8.72. The van der Waals surface area contributed by atoms with E-state index >= 15 is 0 Å². The van der Waals surface area contributed by atoms with Gasteiger partial charge in [0.1, 0.15) is 9.84 Å². The maximum atomic E-state index is 11.3. The summed E-state index contributed by atoms with van der Waals surface area (Å²) >= 11 is 0. The molecular formula is C12H26N2O2S. The molecule has 1 aliphatic rings. The lowest BCUT2D eigenvalue weighted by atomic mass is 10.1. The Morgan fingerprint density at radius 2 is 1.76 bits per heavy atom. The number of hydrogen-bond acceptors (Lipinski definition) is 4. The van der Waals surface area contributed by atoms with Gasteiger partial charge in [0.05, 0.1) is 11.5 Å². The van der Waals surface area contributed by atoms with Gasteiger partial charge in [-0.3, -0.25) is 0 Å². The number of rotatable bonds is 7. The Kier molecular flexibility index (Phi) is 6.44. The lowest BCUT2D eigenvalue weighted by Crippen LogP contribution is -2.38. The third kappa shape index (κ3) is 5.84. The first-order valence-electron chi connectivity index (χ1n) is 6.73. The summed E-state index contributed by atoms with van der Waals surface area (Å²) < 4.78 is 22.5. The minimum Gasteiger partial charge on any atom is -0.314 e. The van der Waals surface area contributed by atoms with E-state index in [-0.39, 0.29) is 0 Å². The average molecular weight is 262 g/mol. The van der Waals surface area contributed by atoms with Gasteiger partial charge < -0.3 is 10.2 Å². The van der Waals surface area contributed by atoms with Crippen LogP contribution in [0.3, 0.4) is 0 Å². The molecule has 0 aromatic carbocycles. The van der Waals surface area contributed by atoms with E-state index in [1.165, 1.54) is 0 Å². The number of hydrogen-bond donors (Lipinski definition) is 1. The van der Waals surface area contributed by atoms with E-state index in [1.54, 1.807) is 0 Å². The molecule has 0 aromatic rings. The molecule has 0 unspecified atom stereocenters. The van der Waals surface area contributed by atoms with Crippen LogP contribution >= 0.6 is 0 Å². The zero-order valence-corrected chi connectivity index (χ0v) is 11.9. The number of nitrogens with one attached hydrogen (secondary N) is 1. The van der Waals surface area contributed by atoms with Gasteiger partial charge in [-0.2, -0.15) is 0 Å². The molecule has 17 heavy (non-hydrogen) atoms. The van der Waals surface area contributed by atoms with Gasteiger partial charge in [-0.15, -0.1) is 0 Å². The van der Waals surface area contributed by atoms with Gasteiger partial charge in [-0.05, 0) is 45.4 Å². The summed E-state index contributed by atoms with van der Waals surface area (Å²) in [6.07, 6.45) is 2.71. The van der Waals surface area contributed by atoms with Crippen molar-refractivity contribution in [2.75, 3.05) is 37.7 Å². The van der Waals surface area contributed by atoms with Crippen molar-refractivity contribution in [3.63, 3.8) is 0 Å². The van der Waals surface area contributed by atoms with Crippen LogP contribution in [0.1, 0.15) is 33.1 Å². The zero-order valence-electron chi connectivity index (χ0n) is 11.1. The van der Waals surface area contributed by atoms with Gasteiger partial charge in [0.2, 0.25) is 0 Å². The largest absolute Gasteiger partial charge is 0.314 e. The average Bonchev–Trinajstić information content (AvgIpc) is 2.31. The molecule has 5 heteroatoms. The Morgan fingerprint density at radius 3 is 2.29 bits per heavy atom. The van der Waals surface area contributed by atoms with Crippen LogP contribution in [0.4, 0.5) is 0 Å². The van der Waals surface area contributed by atoms with E-state index in [4.69, 9.17) is 0 Å². The van der Waals surface area contributed by atoms with Crippen LogP contribution in [0.5, 0.6) is 0 Å². The van der Waals surface area contributed by atoms with Crippen molar-refractivity contribution in [3.8, 4) is 0 Å². The fourth-order valence-electron chi connectivity index (χ4n) is 2.24. The number of sulfone groups is 1. The summed E-state index contributed by atoms with van der Waals surface area (Å²) in [5.41, 5.74) is 0. The molecule has 0 aromatic heterocycles. The highest BCUT2D eigenvalue weighted by Gasteiger charge is 2.22. The molecule has 1 N–H and O–H groups in total. The van der Waals surface area contributed by atoms with Gasteiger partial charge in [0, 0.05) is 6.04 Å². The summed E-state index contributed by atoms with van der Waals surface area (Å²) in [5.74, 6) is 0.724. The van der Waals surface area contributed by atoms with Crippen molar-refractivity contribution in [2.24, 2.45) is 0 Å². The van der Waals surface area contributed by atoms with Crippen LogP contribution < -0.4 is 5.32 Å². The molecule has 4 nitrogen and oxygen atoms in total. The standard InChI is InChI=1S/C12H26N2O2S/c1-3-14(4-2)9-5-8-13-12-6-10-17(15,16)11-7-12/h12-13H,3-11H2,1-2H3. The van der Waals surface area contributed by atoms with Crippen molar-refractivity contribution in [1.29, 1.82) is 0 Å². The fraction of sp³-hybridized carbons (Fsp3) is 1.00. The lowest BCUT2D eigenvalue weighted by molar-refractivity contribution is 0.294. The predicted octanol–water partition coefficient (Wildman–Crippen LogP) is 0.885. The highest BCUT2D eigenvalue weighted by atomic mass is 32.2. The first-order chi connectivity index (χ1) is 8.07. The first-order valence-corrected chi connectivity index (χ1v) is 8.55. The Bertz CT molecular complexity index is 286. The van der Waals surface area contributed by atoms with Crippen molar-refractivity contribution < 1.29 is 8.42 Å². The maximum absolute atomic E-state index is 11.3. The molecule has 1 heterocycles. The van der Waals surface area contributed by atoms with Crippen molar-refractivity contribution in [1.82, 2.24) is 10.2 Å². The molecule has 1 saturated heterocycles. The minimum absolute atomic E-state index is 0.362. The highest BCUT2D eigenvalue weighted by molar-refractivity contribution is 7.91. The highest BCUT2D eigenvalue weighted by Crippen LogP contribution is 2.11. The maximum Gasteiger partial charge on any atom is 0.150 e. The van der Waals surface area contributed by atoms with Crippen LogP contribution in [0.2, 0.25) is 0 Å². The summed E-state index contributed by atoms with van der Waals surface area (Å²) in [5, 5.41) is 3.47. The predicted molar refractivity (Wildman–Crippen MR) is 72.1 cm³/mol. The monoisotopic (exact) mass is 262 g/mol. The van der Waals surface area contributed by atoms with Gasteiger partial charge in [0.25, 0.3) is 0 Å². The van der Waals surface area contributed by atoms with E-state index < -0.39 is 9.84 Å². The summed E-state index contributed by atoms with van der Waals surface area (Å²) in [4.78, 5) is 2.41. The van der Waals surface area contributed by atoms with Crippen molar-refractivity contribution in [3.05, 3.63) is 0 Å². The molecule has 102 valence electrons. The van der Waals surface area contributed by atoms with Crippen LogP contribution in [0.25, 0.3) is 0 Å². The second kappa shape index (κ2) is 7.34. The van der Waals surface area contributed by atoms with Crippen LogP contribution in [-0.4, -0.2) is 57.0 Å². The molecule has 1 fully saturated rings. The molecule has 0 atom stereocenters. The number of nitrogens with zero attached hydrogens (tertiary/aromatic N) is 1. The summed E-state index contributed by atoms with van der Waals surface area (Å²) in [7, 11) is -2.72. The van der Waals surface area contributed by atoms with Crippen molar-refractivity contribution >= 4 is 9.84 Å². The third-order valence-corrected chi connectivity index (χ3v) is 5.25. The molecule has 0 bridgehead atoms. The van der Waals surface area contributed by atoms with Gasteiger partial charge >= 0.3 is 0 Å². The van der Waals surface area contributed by atoms with E-state index in [0.29, 0.717) is 17.5 Å². The second-order valence-corrected chi connectivity index (χ2v) is 7.06. The molecular weight excluding hydrogens is 236 g/mol. The molecule has 0 spiro atoms. The Hall–Kier alpha value is -0.130. The molecule has 1 aliphatic heterocycles. The molecule has 0 radical (unpaired) electrons. The summed E-state index contributed by atoms with van der Waals surface area (Å²) in [6, 6.07) is 0.412. The Morgan fingerprint density at radius 1 is 1.18 bits per heavy atom. The molecule has 1 rings (SSSR count). The smallest absolute Gasteiger partial charge is 0.150 e. The Balaban J connectivity index is 2.08. The van der Waals surface area contributed by atoms with Crippen molar-refractivity contribution in [2.45, 2.75) is 39.2 Å². The molecule has 0 saturated carbocycles. The lowest BCUT2D eigenvalue weighted by Gasteiger charge is -2.24. The van der Waals surface area contributed by atoms with Crippen LogP contribution in [0.15, 0.2) is 0 Å². The fourth-order valence-corrected chi connectivity index (χ4v) is 3.73. The molecule has 0 amide bonds. The molecule has 0 aliphatic carbocycles. The normalized spacial score (nSPS) is 20.9. The van der Waals surface area contributed by atoms with Crippen LogP contribution in [0, 0.1) is 0 Å². The van der Waals surface area contributed by atoms with Gasteiger partial charge in [-0.25, -0.2) is 8.42 Å². The topological polar surface area (TPSA) is 49.4 Å². The zero-order chi connectivity index (χ0) is 12.7. The van der Waals surface area contributed by atoms with E-state index in [1.807, 2.05) is 0 Å². The van der Waals surface area contributed by atoms with E-state index in [0.717, 1.165) is 45.4 Å². The quantitative estimate of drug-likeness (QED) is 0.692. The second-order valence-electron chi connectivity index (χ2n) is 4.76. The van der Waals surface area contributed by atoms with E-state index in [2.05, 4.69) is 24.1 Å². The van der Waals surface area contributed by atoms with E-state index in [9.17, 15) is 8.42 Å². The Labute approximate surface area is 106 Å². The third-order valence-electron chi connectivity index (χ3n) is 3.53. The van der Waals surface area contributed by atoms with Gasteiger partial charge in [0.15, 0.2) is 0 Å².